The molecule has 0 aliphatic rings. The molecule has 15 heavy (non-hydrogen) atoms. The SMILES string of the molecule is CC(C)(CO)[C@H](N)c1cc(F)ccc1Cl. The van der Waals surface area contributed by atoms with Gasteiger partial charge in [-0.1, -0.05) is 25.4 Å². The molecule has 1 aromatic rings. The van der Waals surface area contributed by atoms with Gasteiger partial charge in [-0.05, 0) is 23.8 Å². The van der Waals surface area contributed by atoms with Gasteiger partial charge in [0, 0.05) is 23.1 Å². The number of aliphatic hydroxyl groups excluding tert-OH is 1. The van der Waals surface area contributed by atoms with Gasteiger partial charge in [0.05, 0.1) is 0 Å². The summed E-state index contributed by atoms with van der Waals surface area (Å²) in [5.41, 5.74) is 5.94. The van der Waals surface area contributed by atoms with Crippen LogP contribution in [-0.2, 0) is 0 Å². The molecule has 0 aliphatic heterocycles. The molecular formula is C11H15ClFNO. The molecule has 0 amide bonds. The molecule has 1 atom stereocenters. The zero-order valence-corrected chi connectivity index (χ0v) is 9.55. The summed E-state index contributed by atoms with van der Waals surface area (Å²) in [6.07, 6.45) is 0. The molecule has 0 bridgehead atoms. The fourth-order valence-electron chi connectivity index (χ4n) is 1.27. The van der Waals surface area contributed by atoms with Crippen LogP contribution >= 0.6 is 11.6 Å². The second-order valence-electron chi connectivity index (χ2n) is 4.29. The zero-order valence-electron chi connectivity index (χ0n) is 8.80. The van der Waals surface area contributed by atoms with E-state index in [1.165, 1.54) is 18.2 Å². The Morgan fingerprint density at radius 1 is 1.53 bits per heavy atom. The highest BCUT2D eigenvalue weighted by Crippen LogP contribution is 2.34. The van der Waals surface area contributed by atoms with Crippen molar-refractivity contribution in [1.29, 1.82) is 0 Å². The van der Waals surface area contributed by atoms with Crippen LogP contribution in [0.3, 0.4) is 0 Å². The minimum absolute atomic E-state index is 0.0823. The van der Waals surface area contributed by atoms with E-state index < -0.39 is 11.5 Å². The largest absolute Gasteiger partial charge is 0.396 e. The number of hydrogen-bond acceptors (Lipinski definition) is 2. The maximum absolute atomic E-state index is 13.0. The molecule has 4 heteroatoms. The van der Waals surface area contributed by atoms with E-state index in [9.17, 15) is 4.39 Å². The van der Waals surface area contributed by atoms with Gasteiger partial charge in [-0.25, -0.2) is 4.39 Å². The fourth-order valence-corrected chi connectivity index (χ4v) is 1.51. The lowest BCUT2D eigenvalue weighted by atomic mass is 9.82. The summed E-state index contributed by atoms with van der Waals surface area (Å²) in [6, 6.07) is 3.57. The number of aliphatic hydroxyl groups is 1. The predicted octanol–water partition coefficient (Wildman–Crippen LogP) is 2.50. The van der Waals surface area contributed by atoms with Gasteiger partial charge in [0.15, 0.2) is 0 Å². The lowest BCUT2D eigenvalue weighted by molar-refractivity contribution is 0.132. The van der Waals surface area contributed by atoms with Crippen LogP contribution in [0, 0.1) is 11.2 Å². The monoisotopic (exact) mass is 231 g/mol. The van der Waals surface area contributed by atoms with Crippen molar-refractivity contribution in [2.75, 3.05) is 6.61 Å². The number of hydrogen-bond donors (Lipinski definition) is 2. The minimum atomic E-state index is -0.530. The summed E-state index contributed by atoms with van der Waals surface area (Å²) in [5, 5.41) is 9.59. The zero-order chi connectivity index (χ0) is 11.6. The first-order valence-electron chi connectivity index (χ1n) is 4.70. The maximum Gasteiger partial charge on any atom is 0.123 e. The number of halogens is 2. The lowest BCUT2D eigenvalue weighted by Crippen LogP contribution is -2.32. The first-order chi connectivity index (χ1) is 6.88. The summed E-state index contributed by atoms with van der Waals surface area (Å²) in [6.45, 7) is 3.53. The van der Waals surface area contributed by atoms with E-state index in [1.807, 2.05) is 0 Å². The highest BCUT2D eigenvalue weighted by atomic mass is 35.5. The van der Waals surface area contributed by atoms with E-state index in [1.54, 1.807) is 13.8 Å². The topological polar surface area (TPSA) is 46.2 Å². The molecular weight excluding hydrogens is 217 g/mol. The smallest absolute Gasteiger partial charge is 0.123 e. The van der Waals surface area contributed by atoms with Crippen molar-refractivity contribution in [3.05, 3.63) is 34.6 Å². The Bertz CT molecular complexity index is 354. The van der Waals surface area contributed by atoms with Crippen molar-refractivity contribution >= 4 is 11.6 Å². The second-order valence-corrected chi connectivity index (χ2v) is 4.70. The van der Waals surface area contributed by atoms with E-state index in [0.29, 0.717) is 10.6 Å². The third-order valence-electron chi connectivity index (χ3n) is 2.54. The van der Waals surface area contributed by atoms with Gasteiger partial charge in [0.2, 0.25) is 0 Å². The summed E-state index contributed by atoms with van der Waals surface area (Å²) in [4.78, 5) is 0. The van der Waals surface area contributed by atoms with Crippen molar-refractivity contribution in [2.24, 2.45) is 11.1 Å². The first-order valence-corrected chi connectivity index (χ1v) is 5.07. The summed E-state index contributed by atoms with van der Waals surface area (Å²) in [7, 11) is 0. The Morgan fingerprint density at radius 2 is 2.13 bits per heavy atom. The molecule has 0 unspecified atom stereocenters. The van der Waals surface area contributed by atoms with Gasteiger partial charge in [0.25, 0.3) is 0 Å². The maximum atomic E-state index is 13.0. The predicted molar refractivity (Wildman–Crippen MR) is 59.2 cm³/mol. The van der Waals surface area contributed by atoms with Crippen LogP contribution in [0.2, 0.25) is 5.02 Å². The summed E-state index contributed by atoms with van der Waals surface area (Å²) in [5.74, 6) is -0.376. The van der Waals surface area contributed by atoms with Gasteiger partial charge in [-0.2, -0.15) is 0 Å². The Labute approximate surface area is 93.9 Å². The third kappa shape index (κ3) is 2.68. The molecule has 0 fully saturated rings. The van der Waals surface area contributed by atoms with E-state index in [4.69, 9.17) is 22.4 Å². The lowest BCUT2D eigenvalue weighted by Gasteiger charge is -2.30. The molecule has 2 nitrogen and oxygen atoms in total. The normalized spacial score (nSPS) is 14.0. The van der Waals surface area contributed by atoms with Crippen molar-refractivity contribution in [2.45, 2.75) is 19.9 Å². The molecule has 1 aromatic carbocycles. The molecule has 0 saturated heterocycles. The Morgan fingerprint density at radius 3 is 2.67 bits per heavy atom. The van der Waals surface area contributed by atoms with Crippen LogP contribution in [0.15, 0.2) is 18.2 Å². The standard InChI is InChI=1S/C11H15ClFNO/c1-11(2,6-15)10(14)8-5-7(13)3-4-9(8)12/h3-5,10,15H,6,14H2,1-2H3/t10-/m1/s1. The second kappa shape index (κ2) is 4.47. The molecule has 3 N–H and O–H groups in total. The van der Waals surface area contributed by atoms with Crippen LogP contribution in [0.4, 0.5) is 4.39 Å². The average Bonchev–Trinajstić information content (AvgIpc) is 2.20. The molecule has 0 heterocycles. The van der Waals surface area contributed by atoms with Gasteiger partial charge in [-0.3, -0.25) is 0 Å². The third-order valence-corrected chi connectivity index (χ3v) is 2.89. The summed E-state index contributed by atoms with van der Waals surface area (Å²) < 4.78 is 13.0. The van der Waals surface area contributed by atoms with E-state index in [-0.39, 0.29) is 12.4 Å². The minimum Gasteiger partial charge on any atom is -0.396 e. The van der Waals surface area contributed by atoms with Crippen LogP contribution < -0.4 is 5.73 Å². The van der Waals surface area contributed by atoms with Gasteiger partial charge in [-0.15, -0.1) is 0 Å². The Hall–Kier alpha value is -0.640. The molecule has 1 rings (SSSR count). The quantitative estimate of drug-likeness (QED) is 0.840. The first kappa shape index (κ1) is 12.4. The highest BCUT2D eigenvalue weighted by Gasteiger charge is 2.28. The van der Waals surface area contributed by atoms with Gasteiger partial charge >= 0.3 is 0 Å². The van der Waals surface area contributed by atoms with Crippen molar-refractivity contribution in [3.8, 4) is 0 Å². The number of benzene rings is 1. The number of rotatable bonds is 3. The fraction of sp³-hybridized carbons (Fsp3) is 0.455. The van der Waals surface area contributed by atoms with Crippen molar-refractivity contribution in [1.82, 2.24) is 0 Å². The van der Waals surface area contributed by atoms with E-state index in [0.717, 1.165) is 0 Å². The molecule has 0 spiro atoms. The highest BCUT2D eigenvalue weighted by molar-refractivity contribution is 6.31. The van der Waals surface area contributed by atoms with Gasteiger partial charge in [0.1, 0.15) is 5.82 Å². The van der Waals surface area contributed by atoms with Crippen LogP contribution in [-0.4, -0.2) is 11.7 Å². The van der Waals surface area contributed by atoms with Crippen LogP contribution in [0.25, 0.3) is 0 Å². The summed E-state index contributed by atoms with van der Waals surface area (Å²) >= 11 is 5.93. The van der Waals surface area contributed by atoms with Crippen molar-refractivity contribution in [3.63, 3.8) is 0 Å². The Kier molecular flexibility index (Phi) is 3.71. The Balaban J connectivity index is 3.10. The average molecular weight is 232 g/mol. The molecule has 0 aliphatic carbocycles. The van der Waals surface area contributed by atoms with E-state index in [2.05, 4.69) is 0 Å². The number of nitrogens with two attached hydrogens (primary N) is 1. The molecule has 84 valence electrons. The van der Waals surface area contributed by atoms with Crippen molar-refractivity contribution < 1.29 is 9.50 Å². The molecule has 0 aromatic heterocycles. The molecule has 0 radical (unpaired) electrons. The van der Waals surface area contributed by atoms with Crippen LogP contribution in [0.5, 0.6) is 0 Å². The van der Waals surface area contributed by atoms with Gasteiger partial charge < -0.3 is 10.8 Å². The molecule has 0 saturated carbocycles. The van der Waals surface area contributed by atoms with E-state index >= 15 is 0 Å². The van der Waals surface area contributed by atoms with Crippen LogP contribution in [0.1, 0.15) is 25.5 Å².